The van der Waals surface area contributed by atoms with Gasteiger partial charge in [-0.3, -0.25) is 13.8 Å². The molecule has 0 amide bonds. The smallest absolute Gasteiger partial charge is 0.457 e. The molecule has 0 bridgehead atoms. The quantitative estimate of drug-likeness (QED) is 0.0286. The summed E-state index contributed by atoms with van der Waals surface area (Å²) in [4.78, 5) is 22.8. The van der Waals surface area contributed by atoms with E-state index in [1.165, 1.54) is 161 Å². The van der Waals surface area contributed by atoms with Crippen LogP contribution in [-0.2, 0) is 27.9 Å². The van der Waals surface area contributed by atoms with E-state index in [9.17, 15) is 14.3 Å². The molecule has 0 aliphatic carbocycles. The van der Waals surface area contributed by atoms with Gasteiger partial charge in [0.25, 0.3) is 0 Å². The fourth-order valence-electron chi connectivity index (χ4n) is 6.44. The molecule has 0 aliphatic heterocycles. The summed E-state index contributed by atoms with van der Waals surface area (Å²) in [7, 11) is 1.68. The molecule has 0 aromatic rings. The number of nitrogens with zero attached hydrogens (tertiary/aromatic N) is 1. The summed E-state index contributed by atoms with van der Waals surface area (Å²) < 4.78 is 34.8. The second-order valence-corrected chi connectivity index (χ2v) is 17.9. The second kappa shape index (κ2) is 37.4. The number of quaternary nitrogens is 1. The van der Waals surface area contributed by atoms with Crippen LogP contribution in [0.2, 0.25) is 0 Å². The van der Waals surface area contributed by atoms with Gasteiger partial charge in [-0.15, -0.1) is 0 Å². The molecule has 0 radical (unpaired) electrons. The molecule has 0 spiro atoms. The fraction of sp³-hybridized carbons (Fsp3) is 0.977. The lowest BCUT2D eigenvalue weighted by atomic mass is 10.0. The van der Waals surface area contributed by atoms with Gasteiger partial charge in [-0.25, -0.2) is 4.57 Å². The van der Waals surface area contributed by atoms with Crippen LogP contribution in [0.25, 0.3) is 0 Å². The van der Waals surface area contributed by atoms with Crippen LogP contribution in [-0.4, -0.2) is 75.6 Å². The third-order valence-electron chi connectivity index (χ3n) is 9.92. The van der Waals surface area contributed by atoms with Crippen LogP contribution in [0, 0.1) is 0 Å². The monoisotopic (exact) mass is 763 g/mol. The Hall–Kier alpha value is -0.500. The Morgan fingerprint density at radius 3 is 1.27 bits per heavy atom. The molecular formula is C43H89NO7P+. The van der Waals surface area contributed by atoms with Crippen molar-refractivity contribution in [1.82, 2.24) is 0 Å². The van der Waals surface area contributed by atoms with Gasteiger partial charge in [0, 0.05) is 13.0 Å². The first kappa shape index (κ1) is 51.5. The highest BCUT2D eigenvalue weighted by Gasteiger charge is 2.26. The zero-order chi connectivity index (χ0) is 38.4. The van der Waals surface area contributed by atoms with Crippen molar-refractivity contribution in [2.45, 2.75) is 219 Å². The topological polar surface area (TPSA) is 91.3 Å². The van der Waals surface area contributed by atoms with Gasteiger partial charge in [0.15, 0.2) is 0 Å². The van der Waals surface area contributed by atoms with Crippen molar-refractivity contribution in [2.75, 3.05) is 54.1 Å². The maximum absolute atomic E-state index is 12.6. The Labute approximate surface area is 323 Å². The van der Waals surface area contributed by atoms with Crippen molar-refractivity contribution in [3.8, 4) is 0 Å². The number of hydrogen-bond acceptors (Lipinski definition) is 6. The average molecular weight is 763 g/mol. The van der Waals surface area contributed by atoms with Gasteiger partial charge in [0.2, 0.25) is 0 Å². The van der Waals surface area contributed by atoms with Crippen molar-refractivity contribution < 1.29 is 37.3 Å². The van der Waals surface area contributed by atoms with Gasteiger partial charge in [-0.2, -0.15) is 0 Å². The molecule has 8 nitrogen and oxygen atoms in total. The fourth-order valence-corrected chi connectivity index (χ4v) is 7.18. The average Bonchev–Trinajstić information content (AvgIpc) is 3.09. The number of unbranched alkanes of at least 4 members (excludes halogenated alkanes) is 28. The minimum absolute atomic E-state index is 0.0931. The molecule has 0 aromatic carbocycles. The first-order valence-electron chi connectivity index (χ1n) is 22.3. The van der Waals surface area contributed by atoms with Crippen LogP contribution in [0.5, 0.6) is 0 Å². The normalized spacial score (nSPS) is 13.7. The van der Waals surface area contributed by atoms with E-state index < -0.39 is 13.9 Å². The predicted molar refractivity (Wildman–Crippen MR) is 220 cm³/mol. The van der Waals surface area contributed by atoms with Crippen LogP contribution < -0.4 is 0 Å². The van der Waals surface area contributed by atoms with E-state index in [2.05, 4.69) is 13.8 Å². The number of ether oxygens (including phenoxy) is 2. The zero-order valence-electron chi connectivity index (χ0n) is 35.3. The molecule has 0 saturated heterocycles. The van der Waals surface area contributed by atoms with E-state index in [0.29, 0.717) is 24.1 Å². The molecule has 0 aliphatic rings. The van der Waals surface area contributed by atoms with E-state index in [0.717, 1.165) is 32.1 Å². The van der Waals surface area contributed by atoms with E-state index in [4.69, 9.17) is 18.5 Å². The summed E-state index contributed by atoms with van der Waals surface area (Å²) in [5, 5.41) is 0. The largest absolute Gasteiger partial charge is 0.472 e. The Kier molecular flexibility index (Phi) is 37.1. The van der Waals surface area contributed by atoms with Crippen molar-refractivity contribution in [2.24, 2.45) is 0 Å². The van der Waals surface area contributed by atoms with Crippen molar-refractivity contribution in [3.05, 3.63) is 0 Å². The minimum atomic E-state index is -4.25. The first-order valence-corrected chi connectivity index (χ1v) is 23.8. The highest BCUT2D eigenvalue weighted by atomic mass is 31.2. The van der Waals surface area contributed by atoms with Gasteiger partial charge < -0.3 is 18.9 Å². The molecule has 0 rings (SSSR count). The van der Waals surface area contributed by atoms with Crippen LogP contribution in [0.15, 0.2) is 0 Å². The molecule has 312 valence electrons. The molecule has 52 heavy (non-hydrogen) atoms. The van der Waals surface area contributed by atoms with Gasteiger partial charge in [0.05, 0.1) is 34.4 Å². The second-order valence-electron chi connectivity index (χ2n) is 16.4. The summed E-state index contributed by atoms with van der Waals surface area (Å²) in [5.74, 6) is -0.311. The van der Waals surface area contributed by atoms with Crippen molar-refractivity contribution in [1.29, 1.82) is 0 Å². The molecule has 2 atom stereocenters. The number of rotatable bonds is 42. The van der Waals surface area contributed by atoms with Gasteiger partial charge in [-0.1, -0.05) is 194 Å². The number of phosphoric acid groups is 1. The first-order chi connectivity index (χ1) is 25.1. The highest BCUT2D eigenvalue weighted by molar-refractivity contribution is 7.47. The number of hydrogen-bond donors (Lipinski definition) is 1. The maximum atomic E-state index is 12.6. The highest BCUT2D eigenvalue weighted by Crippen LogP contribution is 2.43. The van der Waals surface area contributed by atoms with E-state index in [1.54, 1.807) is 0 Å². The van der Waals surface area contributed by atoms with Gasteiger partial charge in [0.1, 0.15) is 19.3 Å². The minimum Gasteiger partial charge on any atom is -0.457 e. The van der Waals surface area contributed by atoms with E-state index >= 15 is 0 Å². The molecule has 0 fully saturated rings. The number of likely N-dealkylation sites (N-methyl/N-ethyl adjacent to an activating group) is 1. The van der Waals surface area contributed by atoms with Crippen LogP contribution in [0.1, 0.15) is 213 Å². The molecule has 0 aromatic heterocycles. The molecule has 2 unspecified atom stereocenters. The zero-order valence-corrected chi connectivity index (χ0v) is 36.2. The number of phosphoric ester groups is 1. The Morgan fingerprint density at radius 1 is 0.519 bits per heavy atom. The lowest BCUT2D eigenvalue weighted by Crippen LogP contribution is -2.37. The third kappa shape index (κ3) is 40.7. The van der Waals surface area contributed by atoms with Crippen LogP contribution >= 0.6 is 7.82 Å². The van der Waals surface area contributed by atoms with Crippen LogP contribution in [0.3, 0.4) is 0 Å². The Bertz CT molecular complexity index is 807. The molecular weight excluding hydrogens is 673 g/mol. The van der Waals surface area contributed by atoms with Gasteiger partial charge >= 0.3 is 13.8 Å². The van der Waals surface area contributed by atoms with Crippen molar-refractivity contribution >= 4 is 13.8 Å². The summed E-state index contributed by atoms with van der Waals surface area (Å²) in [6.45, 7) is 5.62. The Morgan fingerprint density at radius 2 is 0.885 bits per heavy atom. The number of carbonyl (C=O) groups excluding carboxylic acids is 1. The summed E-state index contributed by atoms with van der Waals surface area (Å²) in [6, 6.07) is 0. The number of carbonyl (C=O) groups is 1. The van der Waals surface area contributed by atoms with Crippen LogP contribution in [0.4, 0.5) is 0 Å². The predicted octanol–water partition coefficient (Wildman–Crippen LogP) is 12.9. The van der Waals surface area contributed by atoms with Crippen molar-refractivity contribution in [3.63, 3.8) is 0 Å². The lowest BCUT2D eigenvalue weighted by molar-refractivity contribution is -0.870. The maximum Gasteiger partial charge on any atom is 0.472 e. The molecule has 0 saturated carbocycles. The third-order valence-corrected chi connectivity index (χ3v) is 10.9. The standard InChI is InChI=1S/C43H88NO7P/c1-6-8-10-12-14-15-16-17-18-19-20-21-22-23-24-25-26-27-28-29-30-31-32-34-36-43(45)51-42(40-48-38-35-33-13-11-9-7-2)41-50-52(46,47)49-39-37-44(3,4)5/h42H,6-41H2,1-5H3/p+1. The summed E-state index contributed by atoms with van der Waals surface area (Å²) >= 11 is 0. The summed E-state index contributed by atoms with van der Waals surface area (Å²) in [5.41, 5.74) is 0. The van der Waals surface area contributed by atoms with E-state index in [1.807, 2.05) is 21.1 Å². The van der Waals surface area contributed by atoms with E-state index in [-0.39, 0.29) is 25.8 Å². The number of esters is 1. The lowest BCUT2D eigenvalue weighted by Gasteiger charge is -2.24. The molecule has 9 heteroatoms. The summed E-state index contributed by atoms with van der Waals surface area (Å²) in [6.07, 6.45) is 38.8. The SMILES string of the molecule is CCCCCCCCCCCCCCCCCCCCCCCCCCC(=O)OC(COCCCCCCCC)COP(=O)(O)OCC[N+](C)(C)C. The van der Waals surface area contributed by atoms with Gasteiger partial charge in [-0.05, 0) is 12.8 Å². The molecule has 1 N–H and O–H groups in total. The Balaban J connectivity index is 3.90. The molecule has 0 heterocycles.